The molecule has 2 aliphatic rings. The number of likely N-dealkylation sites (tertiary alicyclic amines) is 1. The van der Waals surface area contributed by atoms with Gasteiger partial charge in [-0.25, -0.2) is 4.98 Å². The zero-order valence-corrected chi connectivity index (χ0v) is 17.3. The fraction of sp³-hybridized carbons (Fsp3) is 0.476. The minimum absolute atomic E-state index is 0.0395. The number of nitrogens with zero attached hydrogens (tertiary/aromatic N) is 2. The van der Waals surface area contributed by atoms with Gasteiger partial charge < -0.3 is 20.5 Å². The summed E-state index contributed by atoms with van der Waals surface area (Å²) in [7, 11) is 0. The standard InChI is InChI=1S/C21H26ClN5O2/c1-14(26-18(28)12-15-2-4-16(22)5-3-15)20(29)27-10-7-21(8-11-27)19-17(6-9-25-21)23-13-24-19/h2-5,13-14,25H,6-12H2,1H3,(H,23,24)(H,26,28)/t14-/m0/s1. The number of rotatable bonds is 4. The summed E-state index contributed by atoms with van der Waals surface area (Å²) in [4.78, 5) is 34.8. The normalized spacial score (nSPS) is 18.9. The molecule has 2 aromatic rings. The number of hydrogen-bond donors (Lipinski definition) is 3. The number of H-pyrrole nitrogens is 1. The molecule has 0 saturated carbocycles. The molecule has 3 N–H and O–H groups in total. The smallest absolute Gasteiger partial charge is 0.244 e. The van der Waals surface area contributed by atoms with E-state index in [-0.39, 0.29) is 23.8 Å². The monoisotopic (exact) mass is 415 g/mol. The lowest BCUT2D eigenvalue weighted by Crippen LogP contribution is -2.57. The van der Waals surface area contributed by atoms with Crippen LogP contribution in [0.5, 0.6) is 0 Å². The highest BCUT2D eigenvalue weighted by Gasteiger charge is 2.42. The molecule has 0 unspecified atom stereocenters. The van der Waals surface area contributed by atoms with E-state index in [4.69, 9.17) is 11.6 Å². The molecule has 1 fully saturated rings. The van der Waals surface area contributed by atoms with Crippen molar-refractivity contribution < 1.29 is 9.59 Å². The van der Waals surface area contributed by atoms with Crippen LogP contribution in [0.2, 0.25) is 5.02 Å². The average Bonchev–Trinajstić information content (AvgIpc) is 3.20. The second-order valence-electron chi connectivity index (χ2n) is 7.91. The highest BCUT2D eigenvalue weighted by Crippen LogP contribution is 2.35. The number of halogens is 1. The summed E-state index contributed by atoms with van der Waals surface area (Å²) in [6.07, 6.45) is 4.58. The minimum atomic E-state index is -0.552. The third kappa shape index (κ3) is 4.16. The quantitative estimate of drug-likeness (QED) is 0.710. The molecular weight excluding hydrogens is 390 g/mol. The van der Waals surface area contributed by atoms with Gasteiger partial charge >= 0.3 is 0 Å². The number of hydrogen-bond acceptors (Lipinski definition) is 4. The number of carbonyl (C=O) groups excluding carboxylic acids is 2. The lowest BCUT2D eigenvalue weighted by Gasteiger charge is -2.44. The summed E-state index contributed by atoms with van der Waals surface area (Å²) in [5.41, 5.74) is 3.02. The van der Waals surface area contributed by atoms with Crippen LogP contribution in [0.15, 0.2) is 30.6 Å². The number of aromatic nitrogens is 2. The first-order chi connectivity index (χ1) is 14.0. The maximum Gasteiger partial charge on any atom is 0.244 e. The summed E-state index contributed by atoms with van der Waals surface area (Å²) in [5.74, 6) is -0.209. The van der Waals surface area contributed by atoms with Gasteiger partial charge in [0.2, 0.25) is 11.8 Å². The van der Waals surface area contributed by atoms with Gasteiger partial charge in [-0.3, -0.25) is 9.59 Å². The van der Waals surface area contributed by atoms with Crippen LogP contribution in [0.4, 0.5) is 0 Å². The Morgan fingerprint density at radius 3 is 2.72 bits per heavy atom. The van der Waals surface area contributed by atoms with E-state index in [2.05, 4.69) is 20.6 Å². The Bertz CT molecular complexity index is 887. The molecule has 1 spiro atoms. The Balaban J connectivity index is 1.31. The topological polar surface area (TPSA) is 90.1 Å². The first-order valence-electron chi connectivity index (χ1n) is 10.1. The molecular formula is C21H26ClN5O2. The van der Waals surface area contributed by atoms with Gasteiger partial charge in [-0.1, -0.05) is 23.7 Å². The van der Waals surface area contributed by atoms with Crippen molar-refractivity contribution in [2.45, 2.75) is 44.2 Å². The van der Waals surface area contributed by atoms with Gasteiger partial charge in [0, 0.05) is 36.8 Å². The molecule has 1 saturated heterocycles. The number of amides is 2. The first-order valence-corrected chi connectivity index (χ1v) is 10.4. The zero-order valence-electron chi connectivity index (χ0n) is 16.5. The summed E-state index contributed by atoms with van der Waals surface area (Å²) in [5, 5.41) is 7.09. The third-order valence-electron chi connectivity index (χ3n) is 5.96. The van der Waals surface area contributed by atoms with E-state index in [0.717, 1.165) is 37.1 Å². The number of fused-ring (bicyclic) bond motifs is 2. The zero-order chi connectivity index (χ0) is 20.4. The van der Waals surface area contributed by atoms with Crippen molar-refractivity contribution in [1.29, 1.82) is 0 Å². The molecule has 1 aromatic heterocycles. The first kappa shape index (κ1) is 19.9. The highest BCUT2D eigenvalue weighted by molar-refractivity contribution is 6.30. The van der Waals surface area contributed by atoms with Gasteiger partial charge in [-0.2, -0.15) is 0 Å². The number of imidazole rings is 1. The lowest BCUT2D eigenvalue weighted by molar-refractivity contribution is -0.137. The third-order valence-corrected chi connectivity index (χ3v) is 6.22. The number of carbonyl (C=O) groups is 2. The summed E-state index contributed by atoms with van der Waals surface area (Å²) < 4.78 is 0. The van der Waals surface area contributed by atoms with E-state index >= 15 is 0 Å². The molecule has 7 nitrogen and oxygen atoms in total. The van der Waals surface area contributed by atoms with Crippen molar-refractivity contribution >= 4 is 23.4 Å². The van der Waals surface area contributed by atoms with Gasteiger partial charge in [0.15, 0.2) is 0 Å². The molecule has 1 atom stereocenters. The average molecular weight is 416 g/mol. The van der Waals surface area contributed by atoms with Crippen LogP contribution in [0.25, 0.3) is 0 Å². The van der Waals surface area contributed by atoms with Crippen LogP contribution < -0.4 is 10.6 Å². The van der Waals surface area contributed by atoms with Crippen molar-refractivity contribution in [3.63, 3.8) is 0 Å². The molecule has 29 heavy (non-hydrogen) atoms. The predicted molar refractivity (Wildman–Crippen MR) is 111 cm³/mol. The molecule has 0 radical (unpaired) electrons. The van der Waals surface area contributed by atoms with Gasteiger partial charge in [-0.15, -0.1) is 0 Å². The second kappa shape index (κ2) is 8.16. The van der Waals surface area contributed by atoms with Crippen LogP contribution in [-0.4, -0.2) is 52.4 Å². The molecule has 0 aliphatic carbocycles. The molecule has 1 aromatic carbocycles. The number of benzene rings is 1. The van der Waals surface area contributed by atoms with E-state index in [1.165, 1.54) is 5.69 Å². The molecule has 2 amide bonds. The SMILES string of the molecule is C[C@H](NC(=O)Cc1ccc(Cl)cc1)C(=O)N1CCC2(CC1)NCCc1[nH]cnc12. The highest BCUT2D eigenvalue weighted by atomic mass is 35.5. The molecule has 3 heterocycles. The maximum atomic E-state index is 12.8. The van der Waals surface area contributed by atoms with E-state index in [1.807, 2.05) is 17.0 Å². The second-order valence-corrected chi connectivity index (χ2v) is 8.34. The lowest BCUT2D eigenvalue weighted by atomic mass is 9.80. The van der Waals surface area contributed by atoms with Gasteiger partial charge in [0.05, 0.1) is 24.0 Å². The van der Waals surface area contributed by atoms with Crippen molar-refractivity contribution in [3.05, 3.63) is 52.6 Å². The minimum Gasteiger partial charge on any atom is -0.348 e. The molecule has 8 heteroatoms. The van der Waals surface area contributed by atoms with E-state index in [1.54, 1.807) is 25.4 Å². The predicted octanol–water partition coefficient (Wildman–Crippen LogP) is 1.77. The van der Waals surface area contributed by atoms with Gasteiger partial charge in [0.25, 0.3) is 0 Å². The molecule has 4 rings (SSSR count). The maximum absolute atomic E-state index is 12.8. The Labute approximate surface area is 175 Å². The molecule has 0 bridgehead atoms. The van der Waals surface area contributed by atoms with E-state index in [0.29, 0.717) is 18.1 Å². The van der Waals surface area contributed by atoms with Crippen molar-refractivity contribution in [2.24, 2.45) is 0 Å². The largest absolute Gasteiger partial charge is 0.348 e. The van der Waals surface area contributed by atoms with Gasteiger partial charge in [0.1, 0.15) is 6.04 Å². The van der Waals surface area contributed by atoms with E-state index < -0.39 is 6.04 Å². The molecule has 2 aliphatic heterocycles. The van der Waals surface area contributed by atoms with Crippen molar-refractivity contribution in [2.75, 3.05) is 19.6 Å². The van der Waals surface area contributed by atoms with Crippen LogP contribution in [0.3, 0.4) is 0 Å². The summed E-state index contributed by atoms with van der Waals surface area (Å²) in [6.45, 7) is 3.96. The Morgan fingerprint density at radius 1 is 1.28 bits per heavy atom. The number of nitrogens with one attached hydrogen (secondary N) is 3. The van der Waals surface area contributed by atoms with Gasteiger partial charge in [-0.05, 0) is 37.5 Å². The Hall–Kier alpha value is -2.38. The van der Waals surface area contributed by atoms with Crippen molar-refractivity contribution in [3.8, 4) is 0 Å². The van der Waals surface area contributed by atoms with Crippen LogP contribution >= 0.6 is 11.6 Å². The fourth-order valence-electron chi connectivity index (χ4n) is 4.37. The number of aromatic amines is 1. The number of piperidine rings is 1. The Kier molecular flexibility index (Phi) is 5.61. The van der Waals surface area contributed by atoms with E-state index in [9.17, 15) is 9.59 Å². The summed E-state index contributed by atoms with van der Waals surface area (Å²) in [6, 6.07) is 6.60. The van der Waals surface area contributed by atoms with Crippen LogP contribution in [0, 0.1) is 0 Å². The summed E-state index contributed by atoms with van der Waals surface area (Å²) >= 11 is 5.87. The van der Waals surface area contributed by atoms with Crippen LogP contribution in [-0.2, 0) is 28.0 Å². The molecule has 154 valence electrons. The van der Waals surface area contributed by atoms with Crippen LogP contribution in [0.1, 0.15) is 36.7 Å². The Morgan fingerprint density at radius 2 is 2.00 bits per heavy atom. The fourth-order valence-corrected chi connectivity index (χ4v) is 4.50. The van der Waals surface area contributed by atoms with Crippen molar-refractivity contribution in [1.82, 2.24) is 25.5 Å².